The highest BCUT2D eigenvalue weighted by Crippen LogP contribution is 2.39. The van der Waals surface area contributed by atoms with Crippen molar-refractivity contribution in [2.24, 2.45) is 0 Å². The maximum atomic E-state index is 13.3. The van der Waals surface area contributed by atoms with Gasteiger partial charge in [0.05, 0.1) is 57.4 Å². The number of aromatic nitrogens is 2. The average molecular weight is 519 g/mol. The summed E-state index contributed by atoms with van der Waals surface area (Å²) in [6.45, 7) is 23.9. The molecule has 210 valence electrons. The van der Waals surface area contributed by atoms with Crippen molar-refractivity contribution in [3.63, 3.8) is 0 Å². The van der Waals surface area contributed by atoms with Gasteiger partial charge >= 0.3 is 6.03 Å². The fraction of sp³-hybridized carbons (Fsp3) is 0.690. The quantitative estimate of drug-likeness (QED) is 0.427. The topological polar surface area (TPSA) is 78.5 Å². The average Bonchev–Trinajstić information content (AvgIpc) is 3.23. The van der Waals surface area contributed by atoms with Crippen LogP contribution >= 0.6 is 0 Å². The van der Waals surface area contributed by atoms with Crippen molar-refractivity contribution in [2.75, 3.05) is 53.4 Å². The number of nitrogens with one attached hydrogen (secondary N) is 1. The molecule has 1 unspecified atom stereocenters. The Morgan fingerprint density at radius 1 is 1.16 bits per heavy atom. The number of carbonyl (C=O) groups excluding carboxylic acids is 2. The number of hydrogen-bond donors (Lipinski definition) is 1. The van der Waals surface area contributed by atoms with Crippen LogP contribution in [0.1, 0.15) is 79.5 Å². The van der Waals surface area contributed by atoms with Crippen LogP contribution in [-0.4, -0.2) is 96.2 Å². The van der Waals surface area contributed by atoms with E-state index in [1.165, 1.54) is 11.3 Å². The van der Waals surface area contributed by atoms with E-state index in [1.54, 1.807) is 13.8 Å². The third kappa shape index (κ3) is 8.45. The molecule has 2 aromatic heterocycles. The highest BCUT2D eigenvalue weighted by Gasteiger charge is 2.39. The summed E-state index contributed by atoms with van der Waals surface area (Å²) in [5.74, 6) is 0.261. The second-order valence-corrected chi connectivity index (χ2v) is 10.9. The highest BCUT2D eigenvalue weighted by atomic mass is 16.5. The molecule has 2 amide bonds. The fourth-order valence-electron chi connectivity index (χ4n) is 4.79. The molecule has 0 bridgehead atoms. The molecule has 0 radical (unpaired) electrons. The Morgan fingerprint density at radius 3 is 2.27 bits per heavy atom. The molecule has 1 fully saturated rings. The second kappa shape index (κ2) is 14.4. The van der Waals surface area contributed by atoms with Crippen molar-refractivity contribution in [1.29, 1.82) is 0 Å². The zero-order chi connectivity index (χ0) is 28.4. The Kier molecular flexibility index (Phi) is 12.6. The summed E-state index contributed by atoms with van der Waals surface area (Å²) in [5.41, 5.74) is 4.51. The molecule has 1 N–H and O–H groups in total. The number of H-pyrrole nitrogens is 1. The lowest BCUT2D eigenvalue weighted by Crippen LogP contribution is -2.59. The van der Waals surface area contributed by atoms with Crippen LogP contribution in [0.2, 0.25) is 0 Å². The lowest BCUT2D eigenvalue weighted by atomic mass is 9.83. The van der Waals surface area contributed by atoms with E-state index < -0.39 is 0 Å². The summed E-state index contributed by atoms with van der Waals surface area (Å²) < 4.78 is 5.36. The Labute approximate surface area is 225 Å². The number of pyridine rings is 1. The van der Waals surface area contributed by atoms with Crippen molar-refractivity contribution in [1.82, 2.24) is 19.8 Å². The maximum absolute atomic E-state index is 13.3. The molecule has 2 aromatic rings. The Balaban J connectivity index is 0.000000595. The van der Waals surface area contributed by atoms with Gasteiger partial charge in [0.25, 0.3) is 6.47 Å². The van der Waals surface area contributed by atoms with Gasteiger partial charge in [-0.3, -0.25) is 9.78 Å². The van der Waals surface area contributed by atoms with Gasteiger partial charge in [-0.15, -0.1) is 0 Å². The number of aromatic amines is 1. The second-order valence-electron chi connectivity index (χ2n) is 10.9. The number of rotatable bonds is 2. The number of nitrogens with zero attached hydrogens (tertiary/aromatic N) is 4. The lowest BCUT2D eigenvalue weighted by Gasteiger charge is -2.41. The van der Waals surface area contributed by atoms with Gasteiger partial charge in [0.15, 0.2) is 0 Å². The summed E-state index contributed by atoms with van der Waals surface area (Å²) in [7, 11) is 4.48. The first-order chi connectivity index (χ1) is 17.4. The van der Waals surface area contributed by atoms with E-state index in [2.05, 4.69) is 60.5 Å². The van der Waals surface area contributed by atoms with Crippen molar-refractivity contribution in [2.45, 2.75) is 79.8 Å². The van der Waals surface area contributed by atoms with Crippen molar-refractivity contribution >= 4 is 23.5 Å². The molecular formula is C29H52N5O3+. The molecular weight excluding hydrogens is 466 g/mol. The number of hydrogen-bond acceptors (Lipinski definition) is 4. The van der Waals surface area contributed by atoms with E-state index in [9.17, 15) is 9.59 Å². The first kappa shape index (κ1) is 32.4. The normalized spacial score (nSPS) is 19.6. The third-order valence-corrected chi connectivity index (χ3v) is 6.65. The number of likely N-dealkylation sites (N-methyl/N-ethyl adjacent to an activating group) is 1. The molecule has 4 rings (SSSR count). The van der Waals surface area contributed by atoms with Crippen LogP contribution < -0.4 is 0 Å². The molecule has 0 aliphatic carbocycles. The summed E-state index contributed by atoms with van der Waals surface area (Å²) >= 11 is 0. The molecule has 0 saturated carbocycles. The van der Waals surface area contributed by atoms with E-state index in [-0.39, 0.29) is 23.5 Å². The van der Waals surface area contributed by atoms with Crippen LogP contribution in [0.5, 0.6) is 0 Å². The van der Waals surface area contributed by atoms with Gasteiger partial charge in [0.1, 0.15) is 0 Å². The van der Waals surface area contributed by atoms with Crippen LogP contribution in [0.4, 0.5) is 4.79 Å². The van der Waals surface area contributed by atoms with E-state index in [0.717, 1.165) is 54.8 Å². The minimum Gasteiger partial charge on any atom is -0.465 e. The van der Waals surface area contributed by atoms with E-state index in [4.69, 9.17) is 0 Å². The molecule has 0 spiro atoms. The minimum absolute atomic E-state index is 0.0301. The number of quaternary nitrogens is 1. The molecule has 1 saturated heterocycles. The van der Waals surface area contributed by atoms with Crippen LogP contribution in [-0.2, 0) is 14.9 Å². The Hall–Kier alpha value is -2.61. The monoisotopic (exact) mass is 518 g/mol. The maximum Gasteiger partial charge on any atom is 0.320 e. The van der Waals surface area contributed by atoms with E-state index in [0.29, 0.717) is 6.47 Å². The largest absolute Gasteiger partial charge is 0.465 e. The Bertz CT molecular complexity index is 973. The summed E-state index contributed by atoms with van der Waals surface area (Å²) in [5, 5.41) is 0. The predicted molar refractivity (Wildman–Crippen MR) is 153 cm³/mol. The smallest absolute Gasteiger partial charge is 0.320 e. The molecule has 37 heavy (non-hydrogen) atoms. The molecule has 8 heteroatoms. The predicted octanol–water partition coefficient (Wildman–Crippen LogP) is 5.39. The zero-order valence-corrected chi connectivity index (χ0v) is 25.2. The number of fused-ring (bicyclic) bond motifs is 3. The minimum atomic E-state index is -0.145. The van der Waals surface area contributed by atoms with Crippen molar-refractivity contribution in [3.05, 3.63) is 29.6 Å². The van der Waals surface area contributed by atoms with Gasteiger partial charge < -0.3 is 24.0 Å². The first-order valence-corrected chi connectivity index (χ1v) is 13.9. The fourth-order valence-corrected chi connectivity index (χ4v) is 4.79. The molecule has 8 nitrogen and oxygen atoms in total. The van der Waals surface area contributed by atoms with Gasteiger partial charge in [0, 0.05) is 41.9 Å². The number of ether oxygens (including phenoxy) is 1. The molecule has 1 atom stereocenters. The van der Waals surface area contributed by atoms with Gasteiger partial charge in [-0.2, -0.15) is 0 Å². The molecule has 4 heterocycles. The number of piperazine rings is 1. The summed E-state index contributed by atoms with van der Waals surface area (Å²) in [6, 6.07) is 4.26. The summed E-state index contributed by atoms with van der Waals surface area (Å²) in [6.07, 6.45) is 1.89. The number of carbonyl (C=O) groups is 2. The van der Waals surface area contributed by atoms with Crippen molar-refractivity contribution in [3.8, 4) is 0 Å². The standard InChI is InChI=1S/C21H32N5O.C4H8O2.2C2H6/c1-15-13-25(20(27)24-9-11-26(4,5)12-10-24)14-21(2,3)17-18(15)23-16-7-6-8-22-19(16)17;1-4(2)6-3-5;2*1-2/h6-8,15,23H,9-14H2,1-5H3;3-4H,1-2H3;2*1-2H3/q+1;;;. The number of urea groups is 1. The molecule has 0 aromatic carbocycles. The van der Waals surface area contributed by atoms with Gasteiger partial charge in [0.2, 0.25) is 0 Å². The van der Waals surface area contributed by atoms with E-state index >= 15 is 0 Å². The van der Waals surface area contributed by atoms with Crippen LogP contribution in [0.15, 0.2) is 18.3 Å². The highest BCUT2D eigenvalue weighted by molar-refractivity contribution is 5.83. The molecule has 2 aliphatic heterocycles. The molecule has 2 aliphatic rings. The van der Waals surface area contributed by atoms with Crippen molar-refractivity contribution < 1.29 is 18.8 Å². The third-order valence-electron chi connectivity index (χ3n) is 6.65. The lowest BCUT2D eigenvalue weighted by molar-refractivity contribution is -0.894. The van der Waals surface area contributed by atoms with Crippen LogP contribution in [0.3, 0.4) is 0 Å². The van der Waals surface area contributed by atoms with E-state index in [1.807, 2.05) is 44.9 Å². The number of amides is 2. The van der Waals surface area contributed by atoms with Gasteiger partial charge in [-0.1, -0.05) is 48.5 Å². The Morgan fingerprint density at radius 2 is 1.76 bits per heavy atom. The SMILES string of the molecule is CC.CC.CC(C)OC=O.CC1CN(C(=O)N2CC[N+](C)(C)CC2)CC(C)(C)c2c1[nH]c1cccnc21. The van der Waals surface area contributed by atoms with Crippen LogP contribution in [0, 0.1) is 0 Å². The zero-order valence-electron chi connectivity index (χ0n) is 25.2. The summed E-state index contributed by atoms with van der Waals surface area (Å²) in [4.78, 5) is 35.1. The van der Waals surface area contributed by atoms with Crippen LogP contribution in [0.25, 0.3) is 11.0 Å². The van der Waals surface area contributed by atoms with Gasteiger partial charge in [-0.25, -0.2) is 4.79 Å². The first-order valence-electron chi connectivity index (χ1n) is 13.9. The van der Waals surface area contributed by atoms with Gasteiger partial charge in [-0.05, 0) is 26.0 Å².